The molecule has 1 amide bonds. The summed E-state index contributed by atoms with van der Waals surface area (Å²) >= 11 is 1.41. The lowest BCUT2D eigenvalue weighted by Gasteiger charge is -2.20. The van der Waals surface area contributed by atoms with Crippen LogP contribution in [0.3, 0.4) is 0 Å². The molecule has 0 spiro atoms. The molecule has 5 heteroatoms. The van der Waals surface area contributed by atoms with Gasteiger partial charge in [-0.2, -0.15) is 0 Å². The van der Waals surface area contributed by atoms with Gasteiger partial charge in [0.2, 0.25) is 0 Å². The molecule has 1 rings (SSSR count). The van der Waals surface area contributed by atoms with Crippen LogP contribution in [0.5, 0.6) is 0 Å². The van der Waals surface area contributed by atoms with Crippen LogP contribution in [0.2, 0.25) is 0 Å². The summed E-state index contributed by atoms with van der Waals surface area (Å²) in [6.07, 6.45) is 0.940. The van der Waals surface area contributed by atoms with E-state index in [1.54, 1.807) is 0 Å². The highest BCUT2D eigenvalue weighted by atomic mass is 32.1. The molecule has 4 nitrogen and oxygen atoms in total. The standard InChI is InChI=1S/C15H23N3OS/c1-12(2)18(3)10-5-9-17-15(19)14-13(6-4-8-16)7-11-20-14/h7,11-12H,5,8-10,16H2,1-3H3,(H,17,19). The minimum atomic E-state index is -0.0477. The maximum absolute atomic E-state index is 12.1. The van der Waals surface area contributed by atoms with Crippen molar-refractivity contribution < 1.29 is 4.79 Å². The zero-order valence-electron chi connectivity index (χ0n) is 12.4. The first-order valence-corrected chi connectivity index (χ1v) is 7.69. The Kier molecular flexibility index (Phi) is 7.31. The summed E-state index contributed by atoms with van der Waals surface area (Å²) in [5.74, 6) is 5.65. The lowest BCUT2D eigenvalue weighted by atomic mass is 10.2. The van der Waals surface area contributed by atoms with Gasteiger partial charge in [0.15, 0.2) is 0 Å². The molecule has 0 radical (unpaired) electrons. The van der Waals surface area contributed by atoms with Gasteiger partial charge in [-0.15, -0.1) is 11.3 Å². The highest BCUT2D eigenvalue weighted by molar-refractivity contribution is 7.12. The quantitative estimate of drug-likeness (QED) is 0.617. The monoisotopic (exact) mass is 293 g/mol. The van der Waals surface area contributed by atoms with E-state index in [4.69, 9.17) is 5.73 Å². The van der Waals surface area contributed by atoms with E-state index in [1.165, 1.54) is 11.3 Å². The number of nitrogens with zero attached hydrogens (tertiary/aromatic N) is 1. The molecule has 1 aromatic heterocycles. The van der Waals surface area contributed by atoms with Crippen LogP contribution in [0.15, 0.2) is 11.4 Å². The summed E-state index contributed by atoms with van der Waals surface area (Å²) in [4.78, 5) is 15.0. The van der Waals surface area contributed by atoms with E-state index >= 15 is 0 Å². The number of carbonyl (C=O) groups is 1. The van der Waals surface area contributed by atoms with Gasteiger partial charge in [0.1, 0.15) is 4.88 Å². The van der Waals surface area contributed by atoms with Crippen LogP contribution in [0.1, 0.15) is 35.5 Å². The van der Waals surface area contributed by atoms with Crippen molar-refractivity contribution in [2.24, 2.45) is 5.73 Å². The molecule has 0 fully saturated rings. The molecular formula is C15H23N3OS. The Morgan fingerprint density at radius 3 is 2.95 bits per heavy atom. The highest BCUT2D eigenvalue weighted by Gasteiger charge is 2.11. The molecule has 0 saturated carbocycles. The maximum atomic E-state index is 12.1. The SMILES string of the molecule is CC(C)N(C)CCCNC(=O)c1sccc1C#CCN. The Labute approximate surface area is 125 Å². The van der Waals surface area contributed by atoms with E-state index in [9.17, 15) is 4.79 Å². The smallest absolute Gasteiger partial charge is 0.262 e. The van der Waals surface area contributed by atoms with Gasteiger partial charge in [0, 0.05) is 18.2 Å². The third kappa shape index (κ3) is 5.33. The van der Waals surface area contributed by atoms with Crippen LogP contribution >= 0.6 is 11.3 Å². The van der Waals surface area contributed by atoms with Gasteiger partial charge < -0.3 is 16.0 Å². The van der Waals surface area contributed by atoms with E-state index < -0.39 is 0 Å². The second kappa shape index (κ2) is 8.75. The van der Waals surface area contributed by atoms with Gasteiger partial charge in [-0.3, -0.25) is 4.79 Å². The van der Waals surface area contributed by atoms with Crippen molar-refractivity contribution in [2.45, 2.75) is 26.3 Å². The molecule has 0 aliphatic heterocycles. The Balaban J connectivity index is 2.42. The molecule has 0 atom stereocenters. The molecule has 110 valence electrons. The summed E-state index contributed by atoms with van der Waals surface area (Å²) in [7, 11) is 2.09. The summed E-state index contributed by atoms with van der Waals surface area (Å²) in [6, 6.07) is 2.38. The van der Waals surface area contributed by atoms with Gasteiger partial charge in [0.25, 0.3) is 5.91 Å². The number of nitrogens with two attached hydrogens (primary N) is 1. The Morgan fingerprint density at radius 1 is 1.55 bits per heavy atom. The van der Waals surface area contributed by atoms with Gasteiger partial charge >= 0.3 is 0 Å². The fraction of sp³-hybridized carbons (Fsp3) is 0.533. The zero-order chi connectivity index (χ0) is 15.0. The minimum absolute atomic E-state index is 0.0477. The maximum Gasteiger partial charge on any atom is 0.262 e. The van der Waals surface area contributed by atoms with E-state index in [-0.39, 0.29) is 5.91 Å². The van der Waals surface area contributed by atoms with E-state index in [1.807, 2.05) is 11.4 Å². The van der Waals surface area contributed by atoms with Crippen molar-refractivity contribution >= 4 is 17.2 Å². The van der Waals surface area contributed by atoms with Crippen molar-refractivity contribution in [3.05, 3.63) is 21.9 Å². The van der Waals surface area contributed by atoms with Crippen LogP contribution < -0.4 is 11.1 Å². The molecule has 0 unspecified atom stereocenters. The molecule has 0 aliphatic carbocycles. The number of hydrogen-bond acceptors (Lipinski definition) is 4. The minimum Gasteiger partial charge on any atom is -0.351 e. The second-order valence-corrected chi connectivity index (χ2v) is 5.77. The van der Waals surface area contributed by atoms with Crippen LogP contribution in [-0.4, -0.2) is 43.5 Å². The van der Waals surface area contributed by atoms with Crippen molar-refractivity contribution in [2.75, 3.05) is 26.7 Å². The first kappa shape index (κ1) is 16.7. The van der Waals surface area contributed by atoms with E-state index in [0.717, 1.165) is 18.5 Å². The molecule has 0 aromatic carbocycles. The molecule has 1 heterocycles. The average Bonchev–Trinajstić information content (AvgIpc) is 2.88. The molecule has 20 heavy (non-hydrogen) atoms. The number of amides is 1. The van der Waals surface area contributed by atoms with Crippen molar-refractivity contribution in [1.82, 2.24) is 10.2 Å². The largest absolute Gasteiger partial charge is 0.351 e. The number of rotatable bonds is 6. The topological polar surface area (TPSA) is 58.4 Å². The summed E-state index contributed by atoms with van der Waals surface area (Å²) in [5.41, 5.74) is 6.11. The fourth-order valence-corrected chi connectivity index (χ4v) is 2.36. The van der Waals surface area contributed by atoms with Gasteiger partial charge in [0.05, 0.1) is 6.54 Å². The molecule has 0 saturated heterocycles. The van der Waals surface area contributed by atoms with Crippen molar-refractivity contribution in [3.8, 4) is 11.8 Å². The second-order valence-electron chi connectivity index (χ2n) is 4.85. The number of nitrogens with one attached hydrogen (secondary N) is 1. The first-order valence-electron chi connectivity index (χ1n) is 6.81. The number of carbonyl (C=O) groups excluding carboxylic acids is 1. The van der Waals surface area contributed by atoms with E-state index in [2.05, 4.69) is 43.0 Å². The molecule has 1 aromatic rings. The number of hydrogen-bond donors (Lipinski definition) is 2. The summed E-state index contributed by atoms with van der Waals surface area (Å²) in [5, 5.41) is 4.82. The molecular weight excluding hydrogens is 270 g/mol. The van der Waals surface area contributed by atoms with E-state index in [0.29, 0.717) is 24.0 Å². The Bertz CT molecular complexity index is 485. The third-order valence-corrected chi connectivity index (χ3v) is 3.96. The zero-order valence-corrected chi connectivity index (χ0v) is 13.2. The average molecular weight is 293 g/mol. The van der Waals surface area contributed by atoms with Crippen LogP contribution in [0, 0.1) is 11.8 Å². The number of thiophene rings is 1. The summed E-state index contributed by atoms with van der Waals surface area (Å²) < 4.78 is 0. The van der Waals surface area contributed by atoms with Crippen molar-refractivity contribution in [3.63, 3.8) is 0 Å². The summed E-state index contributed by atoms with van der Waals surface area (Å²) in [6.45, 7) is 6.28. The third-order valence-electron chi connectivity index (χ3n) is 3.05. The van der Waals surface area contributed by atoms with Crippen LogP contribution in [-0.2, 0) is 0 Å². The lowest BCUT2D eigenvalue weighted by Crippen LogP contribution is -2.31. The van der Waals surface area contributed by atoms with Crippen molar-refractivity contribution in [1.29, 1.82) is 0 Å². The fourth-order valence-electron chi connectivity index (χ4n) is 1.60. The van der Waals surface area contributed by atoms with Gasteiger partial charge in [-0.1, -0.05) is 11.8 Å². The molecule has 0 bridgehead atoms. The predicted octanol–water partition coefficient (Wildman–Crippen LogP) is 1.52. The lowest BCUT2D eigenvalue weighted by molar-refractivity contribution is 0.0955. The Morgan fingerprint density at radius 2 is 2.30 bits per heavy atom. The van der Waals surface area contributed by atoms with Crippen LogP contribution in [0.4, 0.5) is 0 Å². The molecule has 0 aliphatic rings. The first-order chi connectivity index (χ1) is 9.56. The van der Waals surface area contributed by atoms with Gasteiger partial charge in [-0.25, -0.2) is 0 Å². The highest BCUT2D eigenvalue weighted by Crippen LogP contribution is 2.15. The van der Waals surface area contributed by atoms with Gasteiger partial charge in [-0.05, 0) is 45.3 Å². The van der Waals surface area contributed by atoms with Crippen LogP contribution in [0.25, 0.3) is 0 Å². The normalized spacial score (nSPS) is 10.5. The molecule has 3 N–H and O–H groups in total. The predicted molar refractivity (Wildman–Crippen MR) is 85.0 cm³/mol. The Hall–Kier alpha value is -1.35.